The van der Waals surface area contributed by atoms with Crippen LogP contribution in [0.25, 0.3) is 0 Å². The average molecular weight is 293 g/mol. The van der Waals surface area contributed by atoms with E-state index in [1.54, 1.807) is 7.11 Å². The molecule has 0 aromatic heterocycles. The lowest BCUT2D eigenvalue weighted by molar-refractivity contribution is 0.163. The van der Waals surface area contributed by atoms with Gasteiger partial charge in [-0.3, -0.25) is 0 Å². The minimum atomic E-state index is -0.195. The number of nitrogens with one attached hydrogen (secondary N) is 3. The van der Waals surface area contributed by atoms with Crippen molar-refractivity contribution in [2.24, 2.45) is 0 Å². The summed E-state index contributed by atoms with van der Waals surface area (Å²) < 4.78 is 5.12. The SMILES string of the molecule is CCCC(COC)NC(=O)Nc1cccc(C(C)NC)c1. The number of amides is 2. The van der Waals surface area contributed by atoms with Crippen molar-refractivity contribution in [1.82, 2.24) is 10.6 Å². The molecule has 1 aromatic carbocycles. The molecular weight excluding hydrogens is 266 g/mol. The van der Waals surface area contributed by atoms with E-state index in [1.807, 2.05) is 31.3 Å². The molecular formula is C16H27N3O2. The zero-order chi connectivity index (χ0) is 15.7. The molecule has 0 aliphatic heterocycles. The quantitative estimate of drug-likeness (QED) is 0.690. The number of rotatable bonds is 8. The van der Waals surface area contributed by atoms with Crippen molar-refractivity contribution in [1.29, 1.82) is 0 Å². The summed E-state index contributed by atoms with van der Waals surface area (Å²) in [5.74, 6) is 0. The van der Waals surface area contributed by atoms with Gasteiger partial charge in [0.2, 0.25) is 0 Å². The smallest absolute Gasteiger partial charge is 0.319 e. The van der Waals surface area contributed by atoms with Gasteiger partial charge in [0.25, 0.3) is 0 Å². The number of anilines is 1. The van der Waals surface area contributed by atoms with E-state index in [-0.39, 0.29) is 18.1 Å². The number of hydrogen-bond acceptors (Lipinski definition) is 3. The molecule has 0 bridgehead atoms. The standard InChI is InChI=1S/C16H27N3O2/c1-5-7-15(11-21-4)19-16(20)18-14-9-6-8-13(10-14)12(2)17-3/h6,8-10,12,15,17H,5,7,11H2,1-4H3,(H2,18,19,20). The lowest BCUT2D eigenvalue weighted by Crippen LogP contribution is -2.40. The lowest BCUT2D eigenvalue weighted by atomic mass is 10.1. The molecule has 3 N–H and O–H groups in total. The highest BCUT2D eigenvalue weighted by Gasteiger charge is 2.11. The van der Waals surface area contributed by atoms with E-state index in [0.717, 1.165) is 24.1 Å². The Morgan fingerprint density at radius 3 is 2.76 bits per heavy atom. The van der Waals surface area contributed by atoms with Crippen LogP contribution in [-0.2, 0) is 4.74 Å². The molecule has 21 heavy (non-hydrogen) atoms. The second kappa shape index (κ2) is 9.37. The number of carbonyl (C=O) groups is 1. The van der Waals surface area contributed by atoms with Gasteiger partial charge in [-0.1, -0.05) is 25.5 Å². The Balaban J connectivity index is 2.61. The first-order valence-electron chi connectivity index (χ1n) is 7.44. The van der Waals surface area contributed by atoms with Crippen molar-refractivity contribution < 1.29 is 9.53 Å². The highest BCUT2D eigenvalue weighted by Crippen LogP contribution is 2.16. The van der Waals surface area contributed by atoms with Crippen molar-refractivity contribution in [3.05, 3.63) is 29.8 Å². The predicted molar refractivity (Wildman–Crippen MR) is 86.6 cm³/mol. The van der Waals surface area contributed by atoms with E-state index in [0.29, 0.717) is 6.61 Å². The molecule has 0 heterocycles. The largest absolute Gasteiger partial charge is 0.383 e. The number of hydrogen-bond donors (Lipinski definition) is 3. The highest BCUT2D eigenvalue weighted by atomic mass is 16.5. The summed E-state index contributed by atoms with van der Waals surface area (Å²) in [7, 11) is 3.56. The van der Waals surface area contributed by atoms with E-state index >= 15 is 0 Å². The fourth-order valence-electron chi connectivity index (χ4n) is 2.15. The van der Waals surface area contributed by atoms with Gasteiger partial charge in [-0.2, -0.15) is 0 Å². The van der Waals surface area contributed by atoms with Gasteiger partial charge in [-0.15, -0.1) is 0 Å². The molecule has 0 aliphatic carbocycles. The van der Waals surface area contributed by atoms with Gasteiger partial charge in [0.05, 0.1) is 12.6 Å². The molecule has 0 radical (unpaired) electrons. The van der Waals surface area contributed by atoms with Crippen molar-refractivity contribution in [3.8, 4) is 0 Å². The topological polar surface area (TPSA) is 62.4 Å². The van der Waals surface area contributed by atoms with Crippen LogP contribution in [0.15, 0.2) is 24.3 Å². The fourth-order valence-corrected chi connectivity index (χ4v) is 2.15. The van der Waals surface area contributed by atoms with E-state index in [4.69, 9.17) is 4.74 Å². The summed E-state index contributed by atoms with van der Waals surface area (Å²) >= 11 is 0. The minimum Gasteiger partial charge on any atom is -0.383 e. The summed E-state index contributed by atoms with van der Waals surface area (Å²) in [6.45, 7) is 4.69. The highest BCUT2D eigenvalue weighted by molar-refractivity contribution is 5.89. The monoisotopic (exact) mass is 293 g/mol. The molecule has 2 amide bonds. The van der Waals surface area contributed by atoms with Crippen molar-refractivity contribution in [3.63, 3.8) is 0 Å². The Morgan fingerprint density at radius 2 is 2.14 bits per heavy atom. The van der Waals surface area contributed by atoms with Crippen LogP contribution >= 0.6 is 0 Å². The van der Waals surface area contributed by atoms with Gasteiger partial charge in [-0.25, -0.2) is 4.79 Å². The molecule has 1 rings (SSSR count). The van der Waals surface area contributed by atoms with Crippen LogP contribution in [0.4, 0.5) is 10.5 Å². The van der Waals surface area contributed by atoms with Gasteiger partial charge in [-0.05, 0) is 38.1 Å². The molecule has 1 aromatic rings. The van der Waals surface area contributed by atoms with Crippen LogP contribution in [0.3, 0.4) is 0 Å². The van der Waals surface area contributed by atoms with E-state index in [1.165, 1.54) is 0 Å². The summed E-state index contributed by atoms with van der Waals surface area (Å²) in [5.41, 5.74) is 1.93. The third-order valence-corrected chi connectivity index (χ3v) is 3.42. The lowest BCUT2D eigenvalue weighted by Gasteiger charge is -2.18. The Kier molecular flexibility index (Phi) is 7.79. The van der Waals surface area contributed by atoms with Gasteiger partial charge >= 0.3 is 6.03 Å². The van der Waals surface area contributed by atoms with E-state index in [2.05, 4.69) is 29.8 Å². The third-order valence-electron chi connectivity index (χ3n) is 3.42. The molecule has 2 unspecified atom stereocenters. The number of ether oxygens (including phenoxy) is 1. The molecule has 5 nitrogen and oxygen atoms in total. The van der Waals surface area contributed by atoms with Gasteiger partial charge in [0, 0.05) is 18.8 Å². The van der Waals surface area contributed by atoms with Crippen LogP contribution in [0.1, 0.15) is 38.3 Å². The Hall–Kier alpha value is -1.59. The molecule has 0 spiro atoms. The van der Waals surface area contributed by atoms with Gasteiger partial charge < -0.3 is 20.7 Å². The van der Waals surface area contributed by atoms with Gasteiger partial charge in [0.1, 0.15) is 0 Å². The Bertz CT molecular complexity index is 431. The maximum atomic E-state index is 12.0. The zero-order valence-corrected chi connectivity index (χ0v) is 13.4. The second-order valence-corrected chi connectivity index (χ2v) is 5.18. The van der Waals surface area contributed by atoms with Crippen LogP contribution in [0.5, 0.6) is 0 Å². The first kappa shape index (κ1) is 17.5. The second-order valence-electron chi connectivity index (χ2n) is 5.18. The van der Waals surface area contributed by atoms with Crippen molar-refractivity contribution in [2.75, 3.05) is 26.1 Å². The molecule has 0 saturated carbocycles. The number of urea groups is 1. The molecule has 118 valence electrons. The molecule has 0 fully saturated rings. The predicted octanol–water partition coefficient (Wildman–Crippen LogP) is 2.90. The molecule has 0 aliphatic rings. The zero-order valence-electron chi connectivity index (χ0n) is 13.4. The van der Waals surface area contributed by atoms with Crippen LogP contribution in [-0.4, -0.2) is 32.8 Å². The van der Waals surface area contributed by atoms with Crippen molar-refractivity contribution >= 4 is 11.7 Å². The van der Waals surface area contributed by atoms with Crippen LogP contribution in [0.2, 0.25) is 0 Å². The van der Waals surface area contributed by atoms with E-state index < -0.39 is 0 Å². The molecule has 2 atom stereocenters. The number of carbonyl (C=O) groups excluding carboxylic acids is 1. The number of methoxy groups -OCH3 is 1. The van der Waals surface area contributed by atoms with E-state index in [9.17, 15) is 4.79 Å². The van der Waals surface area contributed by atoms with Crippen molar-refractivity contribution in [2.45, 2.75) is 38.8 Å². The normalized spacial score (nSPS) is 13.5. The average Bonchev–Trinajstić information content (AvgIpc) is 2.47. The Labute approximate surface area is 127 Å². The first-order chi connectivity index (χ1) is 10.1. The summed E-state index contributed by atoms with van der Waals surface area (Å²) in [6, 6.07) is 7.94. The van der Waals surface area contributed by atoms with Crippen LogP contribution < -0.4 is 16.0 Å². The Morgan fingerprint density at radius 1 is 1.38 bits per heavy atom. The van der Waals surface area contributed by atoms with Gasteiger partial charge in [0.15, 0.2) is 0 Å². The number of benzene rings is 1. The third kappa shape index (κ3) is 6.14. The summed E-state index contributed by atoms with van der Waals surface area (Å²) in [6.07, 6.45) is 1.90. The maximum Gasteiger partial charge on any atom is 0.319 e. The minimum absolute atomic E-state index is 0.0411. The molecule has 0 saturated heterocycles. The summed E-state index contributed by atoms with van der Waals surface area (Å²) in [5, 5.41) is 9.00. The molecule has 5 heteroatoms. The first-order valence-corrected chi connectivity index (χ1v) is 7.44. The maximum absolute atomic E-state index is 12.0. The van der Waals surface area contributed by atoms with Crippen LogP contribution in [0, 0.1) is 0 Å². The fraction of sp³-hybridized carbons (Fsp3) is 0.562. The summed E-state index contributed by atoms with van der Waals surface area (Å²) in [4.78, 5) is 12.0.